The molecule has 3 rings (SSSR count). The van der Waals surface area contributed by atoms with Crippen LogP contribution in [-0.2, 0) is 22.6 Å². The summed E-state index contributed by atoms with van der Waals surface area (Å²) in [6, 6.07) is 23.7. The number of hydrogen-bond acceptors (Lipinski definition) is 3. The molecule has 35 heavy (non-hydrogen) atoms. The van der Waals surface area contributed by atoms with Crippen molar-refractivity contribution in [2.24, 2.45) is 0 Å². The van der Waals surface area contributed by atoms with Gasteiger partial charge < -0.3 is 15.0 Å². The van der Waals surface area contributed by atoms with Crippen LogP contribution in [0.5, 0.6) is 5.75 Å². The first-order chi connectivity index (χ1) is 17.0. The number of ether oxygens (including phenoxy) is 1. The van der Waals surface area contributed by atoms with Crippen molar-refractivity contribution in [3.8, 4) is 5.75 Å². The summed E-state index contributed by atoms with van der Waals surface area (Å²) in [5.41, 5.74) is 1.89. The van der Waals surface area contributed by atoms with Gasteiger partial charge >= 0.3 is 0 Å². The largest absolute Gasteiger partial charge is 0.484 e. The van der Waals surface area contributed by atoms with E-state index in [1.165, 1.54) is 0 Å². The number of rotatable bonds is 12. The Balaban J connectivity index is 1.88. The lowest BCUT2D eigenvalue weighted by Gasteiger charge is -2.31. The highest BCUT2D eigenvalue weighted by molar-refractivity contribution is 9.10. The maximum Gasteiger partial charge on any atom is 0.261 e. The van der Waals surface area contributed by atoms with Crippen LogP contribution in [-0.4, -0.2) is 35.9 Å². The Morgan fingerprint density at radius 1 is 1.00 bits per heavy atom. The van der Waals surface area contributed by atoms with Gasteiger partial charge in [0.2, 0.25) is 5.91 Å². The zero-order valence-corrected chi connectivity index (χ0v) is 22.1. The fourth-order valence-electron chi connectivity index (χ4n) is 3.68. The summed E-state index contributed by atoms with van der Waals surface area (Å²) in [6.07, 6.45) is 2.24. The standard InChI is InChI=1S/C28H30BrClN2O3/c1-2-3-15-31-28(34)26(17-21-9-5-4-6-10-21)32(19-22-11-7-12-23(29)16-22)27(33)20-35-25-14-8-13-24(30)18-25/h4-14,16,18,26H,2-3,15,17,19-20H2,1H3,(H,31,34)/t26-/m0/s1. The van der Waals surface area contributed by atoms with Crippen molar-refractivity contribution in [2.45, 2.75) is 38.8 Å². The van der Waals surface area contributed by atoms with Crippen molar-refractivity contribution < 1.29 is 14.3 Å². The lowest BCUT2D eigenvalue weighted by Crippen LogP contribution is -2.51. The molecule has 0 saturated heterocycles. The van der Waals surface area contributed by atoms with Crippen molar-refractivity contribution in [2.75, 3.05) is 13.2 Å². The van der Waals surface area contributed by atoms with Crippen molar-refractivity contribution in [3.63, 3.8) is 0 Å². The van der Waals surface area contributed by atoms with Gasteiger partial charge in [0.05, 0.1) is 0 Å². The van der Waals surface area contributed by atoms with Crippen LogP contribution >= 0.6 is 27.5 Å². The summed E-state index contributed by atoms with van der Waals surface area (Å²) >= 11 is 9.55. The van der Waals surface area contributed by atoms with Crippen LogP contribution in [0.25, 0.3) is 0 Å². The van der Waals surface area contributed by atoms with Gasteiger partial charge in [-0.2, -0.15) is 0 Å². The van der Waals surface area contributed by atoms with Crippen molar-refractivity contribution in [1.29, 1.82) is 0 Å². The molecule has 7 heteroatoms. The van der Waals surface area contributed by atoms with Crippen molar-refractivity contribution in [1.82, 2.24) is 10.2 Å². The molecule has 0 aliphatic carbocycles. The number of nitrogens with zero attached hydrogens (tertiary/aromatic N) is 1. The highest BCUT2D eigenvalue weighted by Crippen LogP contribution is 2.20. The molecule has 0 aromatic heterocycles. The number of amides is 2. The molecule has 2 amide bonds. The van der Waals surface area contributed by atoms with Crippen molar-refractivity contribution in [3.05, 3.63) is 99.5 Å². The minimum Gasteiger partial charge on any atom is -0.484 e. The normalized spacial score (nSPS) is 11.5. The van der Waals surface area contributed by atoms with E-state index < -0.39 is 6.04 Å². The van der Waals surface area contributed by atoms with E-state index in [0.29, 0.717) is 23.7 Å². The van der Waals surface area contributed by atoms with E-state index in [-0.39, 0.29) is 25.0 Å². The molecule has 3 aromatic carbocycles. The van der Waals surface area contributed by atoms with Crippen LogP contribution in [0.1, 0.15) is 30.9 Å². The summed E-state index contributed by atoms with van der Waals surface area (Å²) in [5.74, 6) is 0.0465. The number of carbonyl (C=O) groups is 2. The maximum absolute atomic E-state index is 13.5. The zero-order chi connectivity index (χ0) is 25.0. The molecule has 0 spiro atoms. The molecule has 3 aromatic rings. The van der Waals surface area contributed by atoms with Crippen LogP contribution in [0.15, 0.2) is 83.3 Å². The Kier molecular flexibility index (Phi) is 10.6. The van der Waals surface area contributed by atoms with E-state index in [1.54, 1.807) is 29.2 Å². The fourth-order valence-corrected chi connectivity index (χ4v) is 4.30. The molecule has 0 saturated carbocycles. The van der Waals surface area contributed by atoms with Crippen LogP contribution in [0.2, 0.25) is 5.02 Å². The molecule has 0 bridgehead atoms. The first kappa shape index (κ1) is 26.8. The predicted octanol–water partition coefficient (Wildman–Crippen LogP) is 6.04. The van der Waals surface area contributed by atoms with Crippen LogP contribution in [0.4, 0.5) is 0 Å². The first-order valence-electron chi connectivity index (χ1n) is 11.7. The molecule has 0 aliphatic rings. The molecular formula is C28H30BrClN2O3. The van der Waals surface area contributed by atoms with Crippen LogP contribution < -0.4 is 10.1 Å². The minimum atomic E-state index is -0.691. The van der Waals surface area contributed by atoms with E-state index >= 15 is 0 Å². The molecule has 1 atom stereocenters. The summed E-state index contributed by atoms with van der Waals surface area (Å²) in [5, 5.41) is 3.54. The minimum absolute atomic E-state index is 0.173. The van der Waals surface area contributed by atoms with E-state index in [2.05, 4.69) is 28.2 Å². The van der Waals surface area contributed by atoms with Gasteiger partial charge in [0.25, 0.3) is 5.91 Å². The average Bonchev–Trinajstić information content (AvgIpc) is 2.85. The molecule has 5 nitrogen and oxygen atoms in total. The second kappa shape index (κ2) is 13.9. The number of nitrogens with one attached hydrogen (secondary N) is 1. The Morgan fingerprint density at radius 2 is 1.74 bits per heavy atom. The molecule has 0 aliphatic heterocycles. The predicted molar refractivity (Wildman–Crippen MR) is 143 cm³/mol. The molecule has 0 radical (unpaired) electrons. The highest BCUT2D eigenvalue weighted by atomic mass is 79.9. The van der Waals surface area contributed by atoms with Crippen molar-refractivity contribution >= 4 is 39.3 Å². The van der Waals surface area contributed by atoms with E-state index in [4.69, 9.17) is 16.3 Å². The van der Waals surface area contributed by atoms with Gasteiger partial charge in [-0.1, -0.05) is 89.4 Å². The van der Waals surface area contributed by atoms with Gasteiger partial charge in [-0.25, -0.2) is 0 Å². The monoisotopic (exact) mass is 556 g/mol. The Hall–Kier alpha value is -2.83. The van der Waals surface area contributed by atoms with Gasteiger partial charge in [0.1, 0.15) is 11.8 Å². The van der Waals surface area contributed by atoms with Crippen LogP contribution in [0.3, 0.4) is 0 Å². The molecule has 0 fully saturated rings. The quantitative estimate of drug-likeness (QED) is 0.276. The Labute approximate surface area is 220 Å². The highest BCUT2D eigenvalue weighted by Gasteiger charge is 2.30. The molecule has 1 N–H and O–H groups in total. The smallest absolute Gasteiger partial charge is 0.261 e. The Morgan fingerprint density at radius 3 is 2.46 bits per heavy atom. The van der Waals surface area contributed by atoms with E-state index in [0.717, 1.165) is 28.4 Å². The van der Waals surface area contributed by atoms with Gasteiger partial charge in [-0.05, 0) is 47.9 Å². The zero-order valence-electron chi connectivity index (χ0n) is 19.8. The summed E-state index contributed by atoms with van der Waals surface area (Å²) < 4.78 is 6.66. The lowest BCUT2D eigenvalue weighted by atomic mass is 10.0. The summed E-state index contributed by atoms with van der Waals surface area (Å²) in [6.45, 7) is 2.71. The number of carbonyl (C=O) groups excluding carboxylic acids is 2. The second-order valence-corrected chi connectivity index (χ2v) is 9.60. The van der Waals surface area contributed by atoms with Gasteiger partial charge in [-0.15, -0.1) is 0 Å². The van der Waals surface area contributed by atoms with Gasteiger partial charge in [-0.3, -0.25) is 9.59 Å². The second-order valence-electron chi connectivity index (χ2n) is 8.25. The average molecular weight is 558 g/mol. The third-order valence-corrected chi connectivity index (χ3v) is 6.23. The van der Waals surface area contributed by atoms with E-state index in [9.17, 15) is 9.59 Å². The number of halogens is 2. The summed E-state index contributed by atoms with van der Waals surface area (Å²) in [4.78, 5) is 28.5. The first-order valence-corrected chi connectivity index (χ1v) is 12.9. The molecule has 184 valence electrons. The number of unbranched alkanes of at least 4 members (excludes halogenated alkanes) is 1. The summed E-state index contributed by atoms with van der Waals surface area (Å²) in [7, 11) is 0. The third kappa shape index (κ3) is 8.71. The lowest BCUT2D eigenvalue weighted by molar-refractivity contribution is -0.142. The Bertz CT molecular complexity index is 1110. The SMILES string of the molecule is CCCCNC(=O)[C@H](Cc1ccccc1)N(Cc1cccc(Br)c1)C(=O)COc1cccc(Cl)c1. The third-order valence-electron chi connectivity index (χ3n) is 5.50. The molecule has 0 heterocycles. The topological polar surface area (TPSA) is 58.6 Å². The van der Waals surface area contributed by atoms with Crippen LogP contribution in [0, 0.1) is 0 Å². The molecule has 0 unspecified atom stereocenters. The van der Waals surface area contributed by atoms with E-state index in [1.807, 2.05) is 54.6 Å². The molecular weight excluding hydrogens is 528 g/mol. The van der Waals surface area contributed by atoms with Gasteiger partial charge in [0.15, 0.2) is 6.61 Å². The fraction of sp³-hybridized carbons (Fsp3) is 0.286. The number of hydrogen-bond donors (Lipinski definition) is 1. The van der Waals surface area contributed by atoms with Gasteiger partial charge in [0, 0.05) is 29.0 Å². The number of benzene rings is 3. The maximum atomic E-state index is 13.5.